The Bertz CT molecular complexity index is 661. The van der Waals surface area contributed by atoms with Gasteiger partial charge in [0, 0.05) is 23.6 Å². The number of H-pyrrole nitrogens is 1. The summed E-state index contributed by atoms with van der Waals surface area (Å²) in [5.41, 5.74) is 2.20. The molecule has 0 bridgehead atoms. The molecule has 124 valence electrons. The SMILES string of the molecule is CCCC=CCOC(=O)NCCc1c[nH]c2ccc(OC)cc12. The zero-order valence-corrected chi connectivity index (χ0v) is 13.7. The van der Waals surface area contributed by atoms with Gasteiger partial charge in [0.05, 0.1) is 7.11 Å². The van der Waals surface area contributed by atoms with Gasteiger partial charge in [-0.05, 0) is 36.6 Å². The summed E-state index contributed by atoms with van der Waals surface area (Å²) in [7, 11) is 1.65. The molecule has 0 spiro atoms. The highest BCUT2D eigenvalue weighted by molar-refractivity contribution is 5.84. The number of carbonyl (C=O) groups excluding carboxylic acids is 1. The van der Waals surface area contributed by atoms with Crippen molar-refractivity contribution in [1.29, 1.82) is 0 Å². The van der Waals surface area contributed by atoms with E-state index in [1.165, 1.54) is 0 Å². The standard InChI is InChI=1S/C18H24N2O3/c1-3-4-5-6-11-23-18(21)19-10-9-14-13-20-17-8-7-15(22-2)12-16(14)17/h5-8,12-13,20H,3-4,9-11H2,1-2H3,(H,19,21). The first kappa shape index (κ1) is 16.9. The van der Waals surface area contributed by atoms with Crippen LogP contribution in [0.5, 0.6) is 5.75 Å². The summed E-state index contributed by atoms with van der Waals surface area (Å²) in [5.74, 6) is 0.824. The lowest BCUT2D eigenvalue weighted by molar-refractivity contribution is 0.158. The van der Waals surface area contributed by atoms with Crippen molar-refractivity contribution in [2.24, 2.45) is 0 Å². The first-order valence-electron chi connectivity index (χ1n) is 7.94. The Hall–Kier alpha value is -2.43. The van der Waals surface area contributed by atoms with Gasteiger partial charge in [-0.25, -0.2) is 4.79 Å². The Kier molecular flexibility index (Phi) is 6.54. The molecular weight excluding hydrogens is 292 g/mol. The van der Waals surface area contributed by atoms with E-state index in [4.69, 9.17) is 9.47 Å². The minimum atomic E-state index is -0.386. The molecule has 5 nitrogen and oxygen atoms in total. The lowest BCUT2D eigenvalue weighted by atomic mass is 10.1. The minimum absolute atomic E-state index is 0.316. The Balaban J connectivity index is 1.79. The van der Waals surface area contributed by atoms with E-state index >= 15 is 0 Å². The Morgan fingerprint density at radius 3 is 3.00 bits per heavy atom. The Morgan fingerprint density at radius 1 is 1.35 bits per heavy atom. The number of fused-ring (bicyclic) bond motifs is 1. The molecule has 2 N–H and O–H groups in total. The van der Waals surface area contributed by atoms with Crippen LogP contribution in [0.3, 0.4) is 0 Å². The van der Waals surface area contributed by atoms with Crippen LogP contribution in [-0.4, -0.2) is 31.3 Å². The molecule has 0 fully saturated rings. The molecule has 1 aromatic heterocycles. The van der Waals surface area contributed by atoms with Gasteiger partial charge < -0.3 is 19.8 Å². The normalized spacial score (nSPS) is 11.0. The molecule has 0 saturated carbocycles. The summed E-state index contributed by atoms with van der Waals surface area (Å²) in [6.07, 6.45) is 8.30. The van der Waals surface area contributed by atoms with Gasteiger partial charge in [-0.2, -0.15) is 0 Å². The van der Waals surface area contributed by atoms with Crippen LogP contribution in [0.2, 0.25) is 0 Å². The molecule has 0 radical (unpaired) electrons. The highest BCUT2D eigenvalue weighted by atomic mass is 16.5. The maximum atomic E-state index is 11.6. The quantitative estimate of drug-likeness (QED) is 0.728. The summed E-state index contributed by atoms with van der Waals surface area (Å²) in [5, 5.41) is 3.88. The van der Waals surface area contributed by atoms with Crippen LogP contribution in [0.1, 0.15) is 25.3 Å². The molecule has 1 aromatic carbocycles. The van der Waals surface area contributed by atoms with Crippen molar-refractivity contribution < 1.29 is 14.3 Å². The number of unbranched alkanes of at least 4 members (excludes halogenated alkanes) is 1. The monoisotopic (exact) mass is 316 g/mol. The van der Waals surface area contributed by atoms with Gasteiger partial charge in [-0.3, -0.25) is 0 Å². The van der Waals surface area contributed by atoms with Crippen molar-refractivity contribution in [3.63, 3.8) is 0 Å². The fourth-order valence-corrected chi connectivity index (χ4v) is 2.32. The summed E-state index contributed by atoms with van der Waals surface area (Å²) in [6.45, 7) is 2.95. The number of aromatic nitrogens is 1. The number of hydrogen-bond donors (Lipinski definition) is 2. The predicted octanol–water partition coefficient (Wildman–Crippen LogP) is 3.80. The van der Waals surface area contributed by atoms with Crippen LogP contribution < -0.4 is 10.1 Å². The lowest BCUT2D eigenvalue weighted by Gasteiger charge is -2.05. The summed E-state index contributed by atoms with van der Waals surface area (Å²) in [4.78, 5) is 14.8. The molecule has 0 unspecified atom stereocenters. The highest BCUT2D eigenvalue weighted by Gasteiger charge is 2.06. The average molecular weight is 316 g/mol. The van der Waals surface area contributed by atoms with Crippen molar-refractivity contribution >= 4 is 17.0 Å². The third-order valence-electron chi connectivity index (χ3n) is 3.57. The first-order valence-corrected chi connectivity index (χ1v) is 7.94. The Labute approximate surface area is 136 Å². The summed E-state index contributed by atoms with van der Waals surface area (Å²) < 4.78 is 10.3. The van der Waals surface area contributed by atoms with Gasteiger partial charge in [0.15, 0.2) is 0 Å². The molecule has 0 atom stereocenters. The molecule has 5 heteroatoms. The number of nitrogens with one attached hydrogen (secondary N) is 2. The number of carbonyl (C=O) groups is 1. The minimum Gasteiger partial charge on any atom is -0.497 e. The molecule has 2 rings (SSSR count). The number of rotatable bonds is 8. The maximum absolute atomic E-state index is 11.6. The third kappa shape index (κ3) is 5.06. The van der Waals surface area contributed by atoms with Gasteiger partial charge >= 0.3 is 6.09 Å². The van der Waals surface area contributed by atoms with Crippen molar-refractivity contribution in [1.82, 2.24) is 10.3 Å². The average Bonchev–Trinajstić information content (AvgIpc) is 2.97. The van der Waals surface area contributed by atoms with E-state index in [0.717, 1.165) is 41.5 Å². The number of aromatic amines is 1. The summed E-state index contributed by atoms with van der Waals surface area (Å²) in [6, 6.07) is 5.91. The largest absolute Gasteiger partial charge is 0.497 e. The van der Waals surface area contributed by atoms with E-state index in [1.54, 1.807) is 7.11 Å². The third-order valence-corrected chi connectivity index (χ3v) is 3.57. The second-order valence-electron chi connectivity index (χ2n) is 5.26. The number of alkyl carbamates (subject to hydrolysis) is 1. The fraction of sp³-hybridized carbons (Fsp3) is 0.389. The van der Waals surface area contributed by atoms with Crippen LogP contribution in [-0.2, 0) is 11.2 Å². The zero-order valence-electron chi connectivity index (χ0n) is 13.7. The molecule has 0 saturated heterocycles. The van der Waals surface area contributed by atoms with Gasteiger partial charge in [-0.15, -0.1) is 0 Å². The number of methoxy groups -OCH3 is 1. The smallest absolute Gasteiger partial charge is 0.407 e. The van der Waals surface area contributed by atoms with Crippen LogP contribution in [0.4, 0.5) is 4.79 Å². The van der Waals surface area contributed by atoms with Crippen molar-refractivity contribution in [2.75, 3.05) is 20.3 Å². The van der Waals surface area contributed by atoms with E-state index in [0.29, 0.717) is 13.2 Å². The van der Waals surface area contributed by atoms with Crippen molar-refractivity contribution in [3.8, 4) is 5.75 Å². The maximum Gasteiger partial charge on any atom is 0.407 e. The van der Waals surface area contributed by atoms with Crippen LogP contribution in [0, 0.1) is 0 Å². The number of benzene rings is 1. The predicted molar refractivity (Wildman–Crippen MR) is 92.0 cm³/mol. The number of allylic oxidation sites excluding steroid dienone is 1. The highest BCUT2D eigenvalue weighted by Crippen LogP contribution is 2.23. The van der Waals surface area contributed by atoms with E-state index in [9.17, 15) is 4.79 Å². The van der Waals surface area contributed by atoms with Crippen LogP contribution >= 0.6 is 0 Å². The molecule has 0 aliphatic rings. The number of amides is 1. The molecule has 0 aliphatic carbocycles. The van der Waals surface area contributed by atoms with Crippen LogP contribution in [0.25, 0.3) is 10.9 Å². The van der Waals surface area contributed by atoms with Crippen molar-refractivity contribution in [3.05, 3.63) is 42.1 Å². The second-order valence-corrected chi connectivity index (χ2v) is 5.26. The van der Waals surface area contributed by atoms with E-state index in [1.807, 2.05) is 36.5 Å². The molecule has 1 amide bonds. The van der Waals surface area contributed by atoms with E-state index < -0.39 is 0 Å². The fourth-order valence-electron chi connectivity index (χ4n) is 2.32. The number of ether oxygens (including phenoxy) is 2. The first-order chi connectivity index (χ1) is 11.2. The summed E-state index contributed by atoms with van der Waals surface area (Å²) >= 11 is 0. The van der Waals surface area contributed by atoms with Crippen molar-refractivity contribution in [2.45, 2.75) is 26.2 Å². The van der Waals surface area contributed by atoms with Gasteiger partial charge in [0.2, 0.25) is 0 Å². The molecule has 1 heterocycles. The Morgan fingerprint density at radius 2 is 2.22 bits per heavy atom. The molecule has 2 aromatic rings. The second kappa shape index (κ2) is 8.88. The molecule has 0 aliphatic heterocycles. The zero-order chi connectivity index (χ0) is 16.5. The van der Waals surface area contributed by atoms with E-state index in [-0.39, 0.29) is 6.09 Å². The van der Waals surface area contributed by atoms with Gasteiger partial charge in [0.1, 0.15) is 12.4 Å². The topological polar surface area (TPSA) is 63.3 Å². The van der Waals surface area contributed by atoms with Crippen LogP contribution in [0.15, 0.2) is 36.5 Å². The van der Waals surface area contributed by atoms with E-state index in [2.05, 4.69) is 17.2 Å². The number of hydrogen-bond acceptors (Lipinski definition) is 3. The van der Waals surface area contributed by atoms with Gasteiger partial charge in [0.25, 0.3) is 0 Å². The lowest BCUT2D eigenvalue weighted by Crippen LogP contribution is -2.26. The molecule has 23 heavy (non-hydrogen) atoms. The molecular formula is C18H24N2O3. The van der Waals surface area contributed by atoms with Gasteiger partial charge in [-0.1, -0.05) is 25.5 Å².